The molecule has 0 radical (unpaired) electrons. The first-order valence-corrected chi connectivity index (χ1v) is 7.68. The third kappa shape index (κ3) is 4.75. The van der Waals surface area contributed by atoms with Crippen LogP contribution in [0.25, 0.3) is 0 Å². The Balaban J connectivity index is 2.36. The lowest BCUT2D eigenvalue weighted by Crippen LogP contribution is -2.33. The van der Waals surface area contributed by atoms with Gasteiger partial charge in [0, 0.05) is 19.2 Å². The number of nitrogen functional groups attached to an aromatic ring is 1. The molecule has 0 fully saturated rings. The normalized spacial score (nSPS) is 10.4. The lowest BCUT2D eigenvalue weighted by atomic mass is 10.1. The highest BCUT2D eigenvalue weighted by Crippen LogP contribution is 2.26. The summed E-state index contributed by atoms with van der Waals surface area (Å²) in [6.07, 6.45) is -0.412. The molecule has 0 spiro atoms. The summed E-state index contributed by atoms with van der Waals surface area (Å²) >= 11 is 0. The zero-order valence-corrected chi connectivity index (χ0v) is 13.9. The molecule has 2 aromatic carbocycles. The average molecular weight is 379 g/mol. The molecule has 3 N–H and O–H groups in total. The van der Waals surface area contributed by atoms with E-state index in [9.17, 15) is 28.5 Å². The van der Waals surface area contributed by atoms with E-state index in [1.807, 2.05) is 0 Å². The minimum atomic E-state index is -1.18. The number of para-hydroxylation sites is 1. The van der Waals surface area contributed by atoms with Gasteiger partial charge in [-0.25, -0.2) is 8.78 Å². The minimum absolute atomic E-state index is 0.183. The van der Waals surface area contributed by atoms with Crippen molar-refractivity contribution < 1.29 is 28.4 Å². The fraction of sp³-hybridized carbons (Fsp3) is 0.176. The van der Waals surface area contributed by atoms with E-state index in [2.05, 4.69) is 0 Å². The number of halogens is 2. The molecule has 0 saturated carbocycles. The number of carbonyl (C=O) groups excluding carboxylic acids is 1. The zero-order valence-electron chi connectivity index (χ0n) is 13.9. The highest BCUT2D eigenvalue weighted by molar-refractivity contribution is 6.01. The van der Waals surface area contributed by atoms with E-state index in [1.165, 1.54) is 18.2 Å². The van der Waals surface area contributed by atoms with Gasteiger partial charge in [0.05, 0.1) is 16.9 Å². The number of aliphatic carboxylic acids is 1. The van der Waals surface area contributed by atoms with Gasteiger partial charge in [-0.15, -0.1) is 0 Å². The molecule has 2 rings (SSSR count). The number of hydrogen-bond acceptors (Lipinski definition) is 5. The van der Waals surface area contributed by atoms with Crippen molar-refractivity contribution in [2.24, 2.45) is 0 Å². The second-order valence-corrected chi connectivity index (χ2v) is 5.61. The Morgan fingerprint density at radius 3 is 2.48 bits per heavy atom. The number of nitrogens with zero attached hydrogens (tertiary/aromatic N) is 2. The summed E-state index contributed by atoms with van der Waals surface area (Å²) in [4.78, 5) is 34.9. The van der Waals surface area contributed by atoms with Crippen LogP contribution in [0.1, 0.15) is 22.3 Å². The molecule has 0 heterocycles. The van der Waals surface area contributed by atoms with Gasteiger partial charge in [-0.2, -0.15) is 0 Å². The van der Waals surface area contributed by atoms with Gasteiger partial charge in [-0.3, -0.25) is 19.7 Å². The standard InChI is InChI=1S/C17H15F2N3O5/c18-12-5-4-10(8-13(12)19)9-21(7-6-15(23)24)17(25)11-2-1-3-14(16(11)20)22(26)27/h1-5,8H,6-7,9,20H2,(H,23,24). The van der Waals surface area contributed by atoms with Crippen LogP contribution >= 0.6 is 0 Å². The molecule has 0 saturated heterocycles. The fourth-order valence-electron chi connectivity index (χ4n) is 2.41. The molecule has 0 bridgehead atoms. The van der Waals surface area contributed by atoms with Crippen LogP contribution in [0.15, 0.2) is 36.4 Å². The molecule has 142 valence electrons. The molecule has 0 aromatic heterocycles. The largest absolute Gasteiger partial charge is 0.481 e. The maximum atomic E-state index is 13.4. The smallest absolute Gasteiger partial charge is 0.305 e. The van der Waals surface area contributed by atoms with E-state index in [0.29, 0.717) is 0 Å². The number of hydrogen-bond donors (Lipinski definition) is 2. The summed E-state index contributed by atoms with van der Waals surface area (Å²) in [5.74, 6) is -4.12. The minimum Gasteiger partial charge on any atom is -0.481 e. The second-order valence-electron chi connectivity index (χ2n) is 5.61. The first kappa shape index (κ1) is 19.8. The quantitative estimate of drug-likeness (QED) is 0.432. The van der Waals surface area contributed by atoms with Crippen molar-refractivity contribution in [2.75, 3.05) is 12.3 Å². The van der Waals surface area contributed by atoms with Crippen LogP contribution in [0, 0.1) is 21.7 Å². The number of nitro benzene ring substituents is 1. The van der Waals surface area contributed by atoms with Crippen LogP contribution < -0.4 is 5.73 Å². The van der Waals surface area contributed by atoms with E-state index in [1.54, 1.807) is 0 Å². The van der Waals surface area contributed by atoms with Crippen LogP contribution in [-0.2, 0) is 11.3 Å². The Kier molecular flexibility index (Phi) is 6.01. The first-order valence-electron chi connectivity index (χ1n) is 7.68. The summed E-state index contributed by atoms with van der Waals surface area (Å²) in [5, 5.41) is 19.9. The number of carbonyl (C=O) groups is 2. The number of carboxylic acids is 1. The van der Waals surface area contributed by atoms with Gasteiger partial charge in [0.1, 0.15) is 5.69 Å². The number of nitro groups is 1. The number of amides is 1. The van der Waals surface area contributed by atoms with Crippen molar-refractivity contribution in [2.45, 2.75) is 13.0 Å². The van der Waals surface area contributed by atoms with Gasteiger partial charge in [0.15, 0.2) is 11.6 Å². The number of rotatable bonds is 7. The molecule has 0 atom stereocenters. The Morgan fingerprint density at radius 2 is 1.89 bits per heavy atom. The Hall–Kier alpha value is -3.56. The van der Waals surface area contributed by atoms with Crippen LogP contribution in [0.5, 0.6) is 0 Å². The van der Waals surface area contributed by atoms with Gasteiger partial charge in [0.25, 0.3) is 11.6 Å². The number of carboxylic acid groups (broad SMARTS) is 1. The van der Waals surface area contributed by atoms with Gasteiger partial charge in [0.2, 0.25) is 0 Å². The van der Waals surface area contributed by atoms with Crippen LogP contribution in [0.4, 0.5) is 20.2 Å². The SMILES string of the molecule is Nc1c(C(=O)N(CCC(=O)O)Cc2ccc(F)c(F)c2)cccc1[N+](=O)[O-]. The maximum absolute atomic E-state index is 13.4. The van der Waals surface area contributed by atoms with Crippen molar-refractivity contribution in [3.05, 3.63) is 69.3 Å². The van der Waals surface area contributed by atoms with Gasteiger partial charge in [-0.1, -0.05) is 12.1 Å². The first-order chi connectivity index (χ1) is 12.7. The van der Waals surface area contributed by atoms with Gasteiger partial charge in [-0.05, 0) is 23.8 Å². The number of benzene rings is 2. The number of nitrogens with two attached hydrogens (primary N) is 1. The Morgan fingerprint density at radius 1 is 1.19 bits per heavy atom. The lowest BCUT2D eigenvalue weighted by Gasteiger charge is -2.23. The summed E-state index contributed by atoms with van der Waals surface area (Å²) in [6.45, 7) is -0.485. The molecule has 10 heteroatoms. The monoisotopic (exact) mass is 379 g/mol. The molecular weight excluding hydrogens is 364 g/mol. The number of anilines is 1. The van der Waals surface area contributed by atoms with E-state index < -0.39 is 40.5 Å². The van der Waals surface area contributed by atoms with E-state index >= 15 is 0 Å². The van der Waals surface area contributed by atoms with Gasteiger partial charge < -0.3 is 15.7 Å². The van der Waals surface area contributed by atoms with Crippen LogP contribution in [0.2, 0.25) is 0 Å². The lowest BCUT2D eigenvalue weighted by molar-refractivity contribution is -0.383. The van der Waals surface area contributed by atoms with Gasteiger partial charge >= 0.3 is 5.97 Å². The topological polar surface area (TPSA) is 127 Å². The predicted molar refractivity (Wildman–Crippen MR) is 90.9 cm³/mol. The summed E-state index contributed by atoms with van der Waals surface area (Å²) < 4.78 is 26.5. The summed E-state index contributed by atoms with van der Waals surface area (Å²) in [7, 11) is 0. The highest BCUT2D eigenvalue weighted by atomic mass is 19.2. The van der Waals surface area contributed by atoms with Crippen molar-refractivity contribution in [1.82, 2.24) is 4.90 Å². The molecule has 0 aliphatic heterocycles. The van der Waals surface area contributed by atoms with E-state index in [0.717, 1.165) is 23.1 Å². The fourth-order valence-corrected chi connectivity index (χ4v) is 2.41. The van der Waals surface area contributed by atoms with Crippen LogP contribution in [0.3, 0.4) is 0 Å². The molecule has 1 amide bonds. The van der Waals surface area contributed by atoms with Crippen molar-refractivity contribution in [1.29, 1.82) is 0 Å². The molecule has 0 unspecified atom stereocenters. The molecular formula is C17H15F2N3O5. The molecule has 27 heavy (non-hydrogen) atoms. The van der Waals surface area contributed by atoms with Crippen molar-refractivity contribution >= 4 is 23.3 Å². The average Bonchev–Trinajstić information content (AvgIpc) is 2.60. The molecule has 8 nitrogen and oxygen atoms in total. The molecule has 0 aliphatic rings. The van der Waals surface area contributed by atoms with Crippen molar-refractivity contribution in [3.63, 3.8) is 0 Å². The highest BCUT2D eigenvalue weighted by Gasteiger charge is 2.24. The Bertz CT molecular complexity index is 904. The zero-order chi connectivity index (χ0) is 20.1. The summed E-state index contributed by atoms with van der Waals surface area (Å²) in [6, 6.07) is 6.68. The van der Waals surface area contributed by atoms with Crippen LogP contribution in [-0.4, -0.2) is 33.4 Å². The maximum Gasteiger partial charge on any atom is 0.305 e. The second kappa shape index (κ2) is 8.21. The third-order valence-corrected chi connectivity index (χ3v) is 3.75. The predicted octanol–water partition coefficient (Wildman–Crippen LogP) is 2.57. The molecule has 0 aliphatic carbocycles. The summed E-state index contributed by atoms with van der Waals surface area (Å²) in [5.41, 5.74) is 4.91. The van der Waals surface area contributed by atoms with Crippen molar-refractivity contribution in [3.8, 4) is 0 Å². The molecule has 2 aromatic rings. The van der Waals surface area contributed by atoms with E-state index in [-0.39, 0.29) is 29.9 Å². The van der Waals surface area contributed by atoms with E-state index in [4.69, 9.17) is 10.8 Å². The Labute approximate surface area is 152 Å². The third-order valence-electron chi connectivity index (χ3n) is 3.75.